The topological polar surface area (TPSA) is 45.3 Å². The van der Waals surface area contributed by atoms with Crippen LogP contribution in [0.25, 0.3) is 10.9 Å². The highest BCUT2D eigenvalue weighted by Crippen LogP contribution is 2.34. The standard InChI is InChI=1S/C17H19FN2O2/c1-9-7-20(10(9)2)8-11-3-4-12-15(14(11)18)19-17(21)13-5-6-22-16(12)13/h3-4,9-10H,5-8H2,1-2H3,(H,19,21)/t9-,10+/m0/s1. The van der Waals surface area contributed by atoms with Gasteiger partial charge in [0, 0.05) is 36.5 Å². The van der Waals surface area contributed by atoms with E-state index in [2.05, 4.69) is 23.7 Å². The lowest BCUT2D eigenvalue weighted by Crippen LogP contribution is -2.52. The van der Waals surface area contributed by atoms with Gasteiger partial charge in [0.15, 0.2) is 5.82 Å². The number of nitrogens with zero attached hydrogens (tertiary/aromatic N) is 1. The maximum absolute atomic E-state index is 14.8. The molecule has 0 radical (unpaired) electrons. The van der Waals surface area contributed by atoms with E-state index in [1.165, 1.54) is 0 Å². The molecule has 4 nitrogen and oxygen atoms in total. The molecule has 0 aliphatic carbocycles. The maximum Gasteiger partial charge on any atom is 0.255 e. The Bertz CT molecular complexity index is 814. The molecule has 1 N–H and O–H groups in total. The molecule has 4 rings (SSSR count). The van der Waals surface area contributed by atoms with Crippen LogP contribution in [-0.2, 0) is 13.0 Å². The number of halogens is 1. The number of rotatable bonds is 2. The largest absolute Gasteiger partial charge is 0.492 e. The molecule has 0 bridgehead atoms. The second-order valence-electron chi connectivity index (χ2n) is 6.47. The van der Waals surface area contributed by atoms with Crippen molar-refractivity contribution in [1.82, 2.24) is 9.88 Å². The van der Waals surface area contributed by atoms with Crippen LogP contribution < -0.4 is 10.3 Å². The van der Waals surface area contributed by atoms with Crippen molar-refractivity contribution < 1.29 is 9.13 Å². The molecule has 0 amide bonds. The van der Waals surface area contributed by atoms with E-state index < -0.39 is 0 Å². The molecular formula is C17H19FN2O2. The quantitative estimate of drug-likeness (QED) is 0.927. The highest BCUT2D eigenvalue weighted by Gasteiger charge is 2.32. The first-order chi connectivity index (χ1) is 10.6. The van der Waals surface area contributed by atoms with Crippen LogP contribution in [0.3, 0.4) is 0 Å². The number of nitrogens with one attached hydrogen (secondary N) is 1. The minimum atomic E-state index is -0.334. The van der Waals surface area contributed by atoms with E-state index in [1.807, 2.05) is 12.1 Å². The summed E-state index contributed by atoms with van der Waals surface area (Å²) in [6.45, 7) is 6.42. The Morgan fingerprint density at radius 3 is 2.95 bits per heavy atom. The van der Waals surface area contributed by atoms with Crippen molar-refractivity contribution in [3.8, 4) is 5.75 Å². The van der Waals surface area contributed by atoms with Crippen LogP contribution in [0.5, 0.6) is 5.75 Å². The minimum Gasteiger partial charge on any atom is -0.492 e. The van der Waals surface area contributed by atoms with Crippen molar-refractivity contribution in [2.45, 2.75) is 32.9 Å². The van der Waals surface area contributed by atoms with Gasteiger partial charge in [0.05, 0.1) is 17.7 Å². The number of H-pyrrole nitrogens is 1. The lowest BCUT2D eigenvalue weighted by Gasteiger charge is -2.45. The number of ether oxygens (including phenoxy) is 1. The summed E-state index contributed by atoms with van der Waals surface area (Å²) >= 11 is 0. The van der Waals surface area contributed by atoms with Crippen molar-refractivity contribution in [2.75, 3.05) is 13.2 Å². The summed E-state index contributed by atoms with van der Waals surface area (Å²) in [5.41, 5.74) is 1.29. The molecule has 0 spiro atoms. The van der Waals surface area contributed by atoms with Crippen molar-refractivity contribution in [2.24, 2.45) is 5.92 Å². The van der Waals surface area contributed by atoms with Gasteiger partial charge in [-0.25, -0.2) is 4.39 Å². The fourth-order valence-corrected chi connectivity index (χ4v) is 3.49. The summed E-state index contributed by atoms with van der Waals surface area (Å²) in [6.07, 6.45) is 0.590. The first-order valence-electron chi connectivity index (χ1n) is 7.79. The van der Waals surface area contributed by atoms with Gasteiger partial charge < -0.3 is 9.72 Å². The lowest BCUT2D eigenvalue weighted by molar-refractivity contribution is 0.0298. The Morgan fingerprint density at radius 2 is 2.23 bits per heavy atom. The van der Waals surface area contributed by atoms with Gasteiger partial charge in [-0.1, -0.05) is 13.0 Å². The number of aromatic amines is 1. The van der Waals surface area contributed by atoms with Crippen molar-refractivity contribution in [1.29, 1.82) is 0 Å². The first-order valence-corrected chi connectivity index (χ1v) is 7.79. The average molecular weight is 302 g/mol. The Labute approximate surface area is 127 Å². The molecule has 22 heavy (non-hydrogen) atoms. The molecule has 1 saturated heterocycles. The van der Waals surface area contributed by atoms with Crippen LogP contribution in [0, 0.1) is 11.7 Å². The predicted molar refractivity (Wildman–Crippen MR) is 82.8 cm³/mol. The lowest BCUT2D eigenvalue weighted by atomic mass is 9.91. The van der Waals surface area contributed by atoms with E-state index in [4.69, 9.17) is 4.74 Å². The highest BCUT2D eigenvalue weighted by molar-refractivity contribution is 5.87. The van der Waals surface area contributed by atoms with Crippen molar-refractivity contribution >= 4 is 10.9 Å². The molecule has 2 aliphatic heterocycles. The molecule has 1 aromatic carbocycles. The summed E-state index contributed by atoms with van der Waals surface area (Å²) in [5, 5.41) is 0.665. The molecule has 0 unspecified atom stereocenters. The third-order valence-corrected chi connectivity index (χ3v) is 5.15. The second kappa shape index (κ2) is 4.81. The number of aromatic nitrogens is 1. The molecule has 5 heteroatoms. The molecule has 2 aromatic rings. The Hall–Kier alpha value is -1.88. The SMILES string of the molecule is C[C@@H]1[C@@H](C)CN1Cc1ccc2c3c(c(=O)[nH]c2c1F)CCO3. The normalized spacial score (nSPS) is 24.1. The fourth-order valence-electron chi connectivity index (χ4n) is 3.49. The maximum atomic E-state index is 14.8. The zero-order valence-electron chi connectivity index (χ0n) is 12.8. The van der Waals surface area contributed by atoms with Gasteiger partial charge in [-0.3, -0.25) is 9.69 Å². The van der Waals surface area contributed by atoms with Gasteiger partial charge in [-0.05, 0) is 18.9 Å². The third-order valence-electron chi connectivity index (χ3n) is 5.15. The smallest absolute Gasteiger partial charge is 0.255 e. The zero-order chi connectivity index (χ0) is 15.4. The zero-order valence-corrected chi connectivity index (χ0v) is 12.8. The molecule has 1 aromatic heterocycles. The number of benzene rings is 1. The Kier molecular flexibility index (Phi) is 3.01. The Morgan fingerprint density at radius 1 is 1.41 bits per heavy atom. The van der Waals surface area contributed by atoms with E-state index >= 15 is 0 Å². The first kappa shape index (κ1) is 13.8. The third kappa shape index (κ3) is 1.88. The van der Waals surface area contributed by atoms with Crippen LogP contribution in [0.15, 0.2) is 16.9 Å². The van der Waals surface area contributed by atoms with Gasteiger partial charge >= 0.3 is 0 Å². The van der Waals surface area contributed by atoms with Gasteiger partial charge in [0.2, 0.25) is 0 Å². The Balaban J connectivity index is 1.78. The molecule has 1 fully saturated rings. The van der Waals surface area contributed by atoms with E-state index in [0.29, 0.717) is 53.8 Å². The molecule has 3 heterocycles. The fraction of sp³-hybridized carbons (Fsp3) is 0.471. The summed E-state index contributed by atoms with van der Waals surface area (Å²) in [7, 11) is 0. The van der Waals surface area contributed by atoms with E-state index in [-0.39, 0.29) is 16.9 Å². The predicted octanol–water partition coefficient (Wildman–Crippen LogP) is 2.44. The summed E-state index contributed by atoms with van der Waals surface area (Å²) in [5.74, 6) is 0.870. The van der Waals surface area contributed by atoms with Crippen molar-refractivity contribution in [3.63, 3.8) is 0 Å². The van der Waals surface area contributed by atoms with Crippen LogP contribution in [-0.4, -0.2) is 29.1 Å². The van der Waals surface area contributed by atoms with E-state index in [0.717, 1.165) is 6.54 Å². The van der Waals surface area contributed by atoms with Gasteiger partial charge in [0.25, 0.3) is 5.56 Å². The van der Waals surface area contributed by atoms with Crippen LogP contribution >= 0.6 is 0 Å². The number of hydrogen-bond acceptors (Lipinski definition) is 3. The molecule has 2 atom stereocenters. The van der Waals surface area contributed by atoms with Crippen LogP contribution in [0.4, 0.5) is 4.39 Å². The molecule has 0 saturated carbocycles. The summed E-state index contributed by atoms with van der Waals surface area (Å²) in [4.78, 5) is 17.0. The second-order valence-corrected chi connectivity index (χ2v) is 6.47. The van der Waals surface area contributed by atoms with Gasteiger partial charge in [0.1, 0.15) is 5.75 Å². The number of likely N-dealkylation sites (tertiary alicyclic amines) is 1. The van der Waals surface area contributed by atoms with Crippen LogP contribution in [0.2, 0.25) is 0 Å². The molecule has 116 valence electrons. The monoisotopic (exact) mass is 302 g/mol. The van der Waals surface area contributed by atoms with Gasteiger partial charge in [-0.15, -0.1) is 0 Å². The molecule has 2 aliphatic rings. The average Bonchev–Trinajstić information content (AvgIpc) is 3.00. The highest BCUT2D eigenvalue weighted by atomic mass is 19.1. The number of fused-ring (bicyclic) bond motifs is 3. The summed E-state index contributed by atoms with van der Waals surface area (Å²) < 4.78 is 20.3. The van der Waals surface area contributed by atoms with E-state index in [9.17, 15) is 9.18 Å². The number of hydrogen-bond donors (Lipinski definition) is 1. The van der Waals surface area contributed by atoms with Crippen molar-refractivity contribution in [3.05, 3.63) is 39.4 Å². The summed E-state index contributed by atoms with van der Waals surface area (Å²) in [6, 6.07) is 4.15. The van der Waals surface area contributed by atoms with Gasteiger partial charge in [-0.2, -0.15) is 0 Å². The van der Waals surface area contributed by atoms with E-state index in [1.54, 1.807) is 0 Å². The minimum absolute atomic E-state index is 0.234. The van der Waals surface area contributed by atoms with Crippen LogP contribution in [0.1, 0.15) is 25.0 Å². The number of pyridine rings is 1. The molecular weight excluding hydrogens is 283 g/mol.